The summed E-state index contributed by atoms with van der Waals surface area (Å²) in [4.78, 5) is 4.29. The molecule has 4 heteroatoms. The maximum Gasteiger partial charge on any atom is 0.260 e. The Morgan fingerprint density at radius 2 is 2.27 bits per heavy atom. The van der Waals surface area contributed by atoms with Gasteiger partial charge in [-0.15, -0.1) is 0 Å². The first-order chi connectivity index (χ1) is 7.25. The summed E-state index contributed by atoms with van der Waals surface area (Å²) in [5, 5.41) is 5.02. The van der Waals surface area contributed by atoms with Gasteiger partial charge in [0.15, 0.2) is 0 Å². The molecule has 0 aliphatic heterocycles. The molecule has 0 aromatic carbocycles. The van der Waals surface area contributed by atoms with E-state index in [9.17, 15) is 0 Å². The number of rotatable bonds is 1. The van der Waals surface area contributed by atoms with Gasteiger partial charge in [0.05, 0.1) is 11.1 Å². The van der Waals surface area contributed by atoms with Gasteiger partial charge in [-0.1, -0.05) is 11.6 Å². The third kappa shape index (κ3) is 1.21. The van der Waals surface area contributed by atoms with E-state index in [2.05, 4.69) is 10.1 Å². The predicted molar refractivity (Wildman–Crippen MR) is 57.5 cm³/mol. The van der Waals surface area contributed by atoms with E-state index in [-0.39, 0.29) is 0 Å². The molecule has 0 bridgehead atoms. The highest BCUT2D eigenvalue weighted by Gasteiger charge is 2.26. The third-order valence-corrected chi connectivity index (χ3v) is 3.12. The molecule has 1 aliphatic rings. The molecular weight excluding hydrogens is 190 g/mol. The van der Waals surface area contributed by atoms with Crippen LogP contribution in [-0.2, 0) is 0 Å². The molecule has 0 radical (unpaired) electrons. The van der Waals surface area contributed by atoms with Crippen molar-refractivity contribution in [2.24, 2.45) is 0 Å². The first kappa shape index (κ1) is 8.71. The van der Waals surface area contributed by atoms with Crippen LogP contribution in [0.25, 0.3) is 11.1 Å². The number of aryl methyl sites for hydroxylation is 1. The third-order valence-electron chi connectivity index (χ3n) is 3.12. The zero-order valence-electron chi connectivity index (χ0n) is 8.66. The summed E-state index contributed by atoms with van der Waals surface area (Å²) in [7, 11) is 0. The number of aromatic nitrogens is 2. The van der Waals surface area contributed by atoms with Crippen molar-refractivity contribution in [2.45, 2.75) is 32.1 Å². The van der Waals surface area contributed by atoms with Crippen LogP contribution in [0, 0.1) is 6.92 Å². The highest BCUT2D eigenvalue weighted by molar-refractivity contribution is 5.89. The van der Waals surface area contributed by atoms with E-state index in [1.807, 2.05) is 13.0 Å². The molecule has 0 atom stereocenters. The lowest BCUT2D eigenvalue weighted by Crippen LogP contribution is -2.09. The highest BCUT2D eigenvalue weighted by Crippen LogP contribution is 2.40. The number of pyridine rings is 1. The van der Waals surface area contributed by atoms with E-state index in [1.165, 1.54) is 19.3 Å². The number of hydrogen-bond acceptors (Lipinski definition) is 4. The topological polar surface area (TPSA) is 64.9 Å². The largest absolute Gasteiger partial charge is 0.398 e. The molecule has 2 heterocycles. The van der Waals surface area contributed by atoms with Crippen LogP contribution in [0.4, 0.5) is 5.69 Å². The normalized spacial score (nSPS) is 16.9. The SMILES string of the molecule is Cc1cc(N)c2c(C3CCC3)noc2n1. The molecule has 1 aliphatic carbocycles. The Labute approximate surface area is 87.5 Å². The van der Waals surface area contributed by atoms with Crippen LogP contribution >= 0.6 is 0 Å². The Morgan fingerprint density at radius 1 is 1.47 bits per heavy atom. The summed E-state index contributed by atoms with van der Waals surface area (Å²) < 4.78 is 5.23. The summed E-state index contributed by atoms with van der Waals surface area (Å²) in [5.41, 5.74) is 9.17. The Hall–Kier alpha value is -1.58. The summed E-state index contributed by atoms with van der Waals surface area (Å²) in [5.74, 6) is 0.526. The minimum atomic E-state index is 0.526. The van der Waals surface area contributed by atoms with E-state index in [0.29, 0.717) is 11.6 Å². The van der Waals surface area contributed by atoms with Crippen LogP contribution in [0.3, 0.4) is 0 Å². The van der Waals surface area contributed by atoms with Crippen molar-refractivity contribution >= 4 is 16.8 Å². The van der Waals surface area contributed by atoms with E-state index in [1.54, 1.807) is 0 Å². The Morgan fingerprint density at radius 3 is 2.93 bits per heavy atom. The zero-order valence-corrected chi connectivity index (χ0v) is 8.66. The molecule has 2 aromatic heterocycles. The van der Waals surface area contributed by atoms with Crippen LogP contribution in [0.15, 0.2) is 10.6 Å². The van der Waals surface area contributed by atoms with Gasteiger partial charge >= 0.3 is 0 Å². The molecule has 0 saturated heterocycles. The highest BCUT2D eigenvalue weighted by atomic mass is 16.5. The standard InChI is InChI=1S/C11H13N3O/c1-6-5-8(12)9-10(7-3-2-4-7)14-15-11(9)13-6/h5,7H,2-4H2,1H3,(H2,12,13). The second kappa shape index (κ2) is 2.95. The van der Waals surface area contributed by atoms with Crippen molar-refractivity contribution in [1.82, 2.24) is 10.1 Å². The minimum Gasteiger partial charge on any atom is -0.398 e. The monoisotopic (exact) mass is 203 g/mol. The van der Waals surface area contributed by atoms with E-state index in [4.69, 9.17) is 10.3 Å². The van der Waals surface area contributed by atoms with Crippen LogP contribution in [-0.4, -0.2) is 10.1 Å². The maximum absolute atomic E-state index is 5.98. The molecule has 2 N–H and O–H groups in total. The quantitative estimate of drug-likeness (QED) is 0.772. The Bertz CT molecular complexity index is 514. The number of nitrogen functional groups attached to an aromatic ring is 1. The van der Waals surface area contributed by atoms with Gasteiger partial charge in [0.2, 0.25) is 0 Å². The molecular formula is C11H13N3O. The van der Waals surface area contributed by atoms with Gasteiger partial charge in [-0.3, -0.25) is 0 Å². The fourth-order valence-electron chi connectivity index (χ4n) is 2.09. The van der Waals surface area contributed by atoms with Crippen molar-refractivity contribution in [3.8, 4) is 0 Å². The van der Waals surface area contributed by atoms with Gasteiger partial charge in [-0.2, -0.15) is 0 Å². The molecule has 0 unspecified atom stereocenters. The van der Waals surface area contributed by atoms with Gasteiger partial charge in [0.25, 0.3) is 5.71 Å². The van der Waals surface area contributed by atoms with Crippen molar-refractivity contribution in [3.63, 3.8) is 0 Å². The van der Waals surface area contributed by atoms with Crippen LogP contribution in [0.1, 0.15) is 36.6 Å². The molecule has 78 valence electrons. The van der Waals surface area contributed by atoms with Crippen LogP contribution in [0.2, 0.25) is 0 Å². The first-order valence-electron chi connectivity index (χ1n) is 5.28. The van der Waals surface area contributed by atoms with Gasteiger partial charge in [0, 0.05) is 17.3 Å². The lowest BCUT2D eigenvalue weighted by atomic mass is 9.82. The molecule has 2 aromatic rings. The number of hydrogen-bond donors (Lipinski definition) is 1. The minimum absolute atomic E-state index is 0.526. The lowest BCUT2D eigenvalue weighted by Gasteiger charge is -2.23. The molecule has 1 saturated carbocycles. The van der Waals surface area contributed by atoms with Crippen molar-refractivity contribution in [3.05, 3.63) is 17.5 Å². The first-order valence-corrected chi connectivity index (χ1v) is 5.28. The van der Waals surface area contributed by atoms with Gasteiger partial charge in [-0.25, -0.2) is 4.98 Å². The molecule has 3 rings (SSSR count). The fourth-order valence-corrected chi connectivity index (χ4v) is 2.09. The van der Waals surface area contributed by atoms with E-state index >= 15 is 0 Å². The second-order valence-corrected chi connectivity index (χ2v) is 4.23. The molecule has 15 heavy (non-hydrogen) atoms. The molecule has 4 nitrogen and oxygen atoms in total. The number of fused-ring (bicyclic) bond motifs is 1. The summed E-state index contributed by atoms with van der Waals surface area (Å²) >= 11 is 0. The molecule has 1 fully saturated rings. The van der Waals surface area contributed by atoms with Gasteiger partial charge in [-0.05, 0) is 25.8 Å². The van der Waals surface area contributed by atoms with Gasteiger partial charge in [0.1, 0.15) is 0 Å². The van der Waals surface area contributed by atoms with Crippen molar-refractivity contribution in [1.29, 1.82) is 0 Å². The smallest absolute Gasteiger partial charge is 0.260 e. The van der Waals surface area contributed by atoms with Crippen molar-refractivity contribution < 1.29 is 4.52 Å². The fraction of sp³-hybridized carbons (Fsp3) is 0.455. The van der Waals surface area contributed by atoms with Crippen molar-refractivity contribution in [2.75, 3.05) is 5.73 Å². The predicted octanol–water partition coefficient (Wildman–Crippen LogP) is 2.38. The maximum atomic E-state index is 5.98. The average molecular weight is 203 g/mol. The summed E-state index contributed by atoms with van der Waals surface area (Å²) in [6, 6.07) is 1.88. The zero-order chi connectivity index (χ0) is 10.4. The number of nitrogens with zero attached hydrogens (tertiary/aromatic N) is 2. The summed E-state index contributed by atoms with van der Waals surface area (Å²) in [6.07, 6.45) is 3.65. The van der Waals surface area contributed by atoms with E-state index < -0.39 is 0 Å². The van der Waals surface area contributed by atoms with Crippen LogP contribution in [0.5, 0.6) is 0 Å². The van der Waals surface area contributed by atoms with E-state index in [0.717, 1.165) is 22.5 Å². The Balaban J connectivity index is 2.23. The van der Waals surface area contributed by atoms with Crippen LogP contribution < -0.4 is 5.73 Å². The number of anilines is 1. The second-order valence-electron chi connectivity index (χ2n) is 4.23. The molecule has 0 spiro atoms. The number of nitrogens with two attached hydrogens (primary N) is 1. The van der Waals surface area contributed by atoms with Gasteiger partial charge < -0.3 is 10.3 Å². The summed E-state index contributed by atoms with van der Waals surface area (Å²) in [6.45, 7) is 1.90. The lowest BCUT2D eigenvalue weighted by molar-refractivity contribution is 0.373. The Kier molecular flexibility index (Phi) is 1.71. The average Bonchev–Trinajstić information content (AvgIpc) is 2.45. The molecule has 0 amide bonds.